The Bertz CT molecular complexity index is 643. The highest BCUT2D eigenvalue weighted by molar-refractivity contribution is 7.10. The van der Waals surface area contributed by atoms with Crippen molar-refractivity contribution in [3.05, 3.63) is 70.7 Å². The van der Waals surface area contributed by atoms with Crippen LogP contribution >= 0.6 is 11.3 Å². The molecule has 3 rings (SSSR count). The van der Waals surface area contributed by atoms with Gasteiger partial charge in [0, 0.05) is 29.2 Å². The molecule has 0 aliphatic carbocycles. The van der Waals surface area contributed by atoms with E-state index >= 15 is 0 Å². The molecule has 1 aromatic carbocycles. The number of thiophene rings is 1. The van der Waals surface area contributed by atoms with Crippen molar-refractivity contribution in [3.8, 4) is 5.69 Å². The molecule has 0 amide bonds. The van der Waals surface area contributed by atoms with Gasteiger partial charge in [-0.15, -0.1) is 11.3 Å². The van der Waals surface area contributed by atoms with Crippen molar-refractivity contribution in [2.24, 2.45) is 0 Å². The van der Waals surface area contributed by atoms with Crippen LogP contribution in [0.25, 0.3) is 5.69 Å². The van der Waals surface area contributed by atoms with E-state index in [1.165, 1.54) is 10.4 Å². The smallest absolute Gasteiger partial charge is 0.0645 e. The van der Waals surface area contributed by atoms with Gasteiger partial charge in [0.05, 0.1) is 11.9 Å². The summed E-state index contributed by atoms with van der Waals surface area (Å²) in [7, 11) is 0. The standard InChI is InChI=1S/C16H17N3S/c1-13(16-8-5-9-20-16)17-10-14-11-18-19(12-14)15-6-3-2-4-7-15/h2-9,11-13,17H,10H2,1H3. The summed E-state index contributed by atoms with van der Waals surface area (Å²) in [5.74, 6) is 0. The van der Waals surface area contributed by atoms with E-state index in [9.17, 15) is 0 Å². The number of hydrogen-bond donors (Lipinski definition) is 1. The molecule has 1 unspecified atom stereocenters. The molecule has 1 atom stereocenters. The van der Waals surface area contributed by atoms with E-state index in [1.54, 1.807) is 11.3 Å². The summed E-state index contributed by atoms with van der Waals surface area (Å²) in [5.41, 5.74) is 2.28. The van der Waals surface area contributed by atoms with Crippen LogP contribution in [-0.2, 0) is 6.54 Å². The molecule has 1 N–H and O–H groups in total. The van der Waals surface area contributed by atoms with Crippen LogP contribution in [0.2, 0.25) is 0 Å². The monoisotopic (exact) mass is 283 g/mol. The fourth-order valence-electron chi connectivity index (χ4n) is 2.08. The third-order valence-corrected chi connectivity index (χ3v) is 4.29. The first-order chi connectivity index (χ1) is 9.83. The molecule has 0 aliphatic heterocycles. The Labute approximate surface area is 122 Å². The van der Waals surface area contributed by atoms with Gasteiger partial charge in [0.25, 0.3) is 0 Å². The molecule has 20 heavy (non-hydrogen) atoms. The Hall–Kier alpha value is -1.91. The van der Waals surface area contributed by atoms with Gasteiger partial charge in [0.1, 0.15) is 0 Å². The predicted molar refractivity (Wildman–Crippen MR) is 83.1 cm³/mol. The topological polar surface area (TPSA) is 29.9 Å². The van der Waals surface area contributed by atoms with E-state index in [2.05, 4.69) is 53.2 Å². The maximum atomic E-state index is 4.41. The zero-order valence-corrected chi connectivity index (χ0v) is 12.2. The Morgan fingerprint density at radius 2 is 2.05 bits per heavy atom. The minimum Gasteiger partial charge on any atom is -0.305 e. The first-order valence-corrected chi connectivity index (χ1v) is 7.56. The van der Waals surface area contributed by atoms with Crippen molar-refractivity contribution in [2.75, 3.05) is 0 Å². The normalized spacial score (nSPS) is 12.4. The van der Waals surface area contributed by atoms with Gasteiger partial charge in [-0.25, -0.2) is 4.68 Å². The second-order valence-electron chi connectivity index (χ2n) is 4.75. The third kappa shape index (κ3) is 2.98. The first kappa shape index (κ1) is 13.1. The summed E-state index contributed by atoms with van der Waals surface area (Å²) in [4.78, 5) is 1.36. The molecule has 0 saturated carbocycles. The van der Waals surface area contributed by atoms with E-state index in [0.717, 1.165) is 12.2 Å². The first-order valence-electron chi connectivity index (χ1n) is 6.69. The lowest BCUT2D eigenvalue weighted by Crippen LogP contribution is -2.16. The van der Waals surface area contributed by atoms with E-state index in [4.69, 9.17) is 0 Å². The quantitative estimate of drug-likeness (QED) is 0.772. The van der Waals surface area contributed by atoms with Gasteiger partial charge < -0.3 is 5.32 Å². The van der Waals surface area contributed by atoms with Crippen LogP contribution in [0.15, 0.2) is 60.2 Å². The fraction of sp³-hybridized carbons (Fsp3) is 0.188. The summed E-state index contributed by atoms with van der Waals surface area (Å²) in [6, 6.07) is 14.8. The zero-order chi connectivity index (χ0) is 13.8. The van der Waals surface area contributed by atoms with Gasteiger partial charge in [-0.2, -0.15) is 5.10 Å². The van der Waals surface area contributed by atoms with Crippen molar-refractivity contribution >= 4 is 11.3 Å². The molecule has 102 valence electrons. The molecule has 0 bridgehead atoms. The van der Waals surface area contributed by atoms with Gasteiger partial charge in [-0.1, -0.05) is 24.3 Å². The minimum absolute atomic E-state index is 0.370. The van der Waals surface area contributed by atoms with E-state index in [1.807, 2.05) is 29.1 Å². The fourth-order valence-corrected chi connectivity index (χ4v) is 2.84. The molecule has 3 aromatic rings. The summed E-state index contributed by atoms with van der Waals surface area (Å²) in [6.07, 6.45) is 3.99. The number of nitrogens with one attached hydrogen (secondary N) is 1. The van der Waals surface area contributed by atoms with Gasteiger partial charge in [0.2, 0.25) is 0 Å². The molecule has 0 fully saturated rings. The van der Waals surface area contributed by atoms with Crippen molar-refractivity contribution in [1.82, 2.24) is 15.1 Å². The Balaban J connectivity index is 1.63. The second kappa shape index (κ2) is 6.03. The van der Waals surface area contributed by atoms with E-state index in [-0.39, 0.29) is 0 Å². The lowest BCUT2D eigenvalue weighted by atomic mass is 10.2. The third-order valence-electron chi connectivity index (χ3n) is 3.24. The molecule has 0 spiro atoms. The Morgan fingerprint density at radius 1 is 1.20 bits per heavy atom. The van der Waals surface area contributed by atoms with Crippen molar-refractivity contribution in [2.45, 2.75) is 19.5 Å². The summed E-state index contributed by atoms with van der Waals surface area (Å²) in [5, 5.41) is 10.0. The molecule has 3 nitrogen and oxygen atoms in total. The summed E-state index contributed by atoms with van der Waals surface area (Å²) >= 11 is 1.78. The average molecular weight is 283 g/mol. The predicted octanol–water partition coefficient (Wildman–Crippen LogP) is 3.78. The lowest BCUT2D eigenvalue weighted by molar-refractivity contribution is 0.583. The van der Waals surface area contributed by atoms with Crippen LogP contribution in [0.3, 0.4) is 0 Å². The van der Waals surface area contributed by atoms with Crippen LogP contribution in [0, 0.1) is 0 Å². The van der Waals surface area contributed by atoms with Gasteiger partial charge in [-0.3, -0.25) is 0 Å². The van der Waals surface area contributed by atoms with Crippen LogP contribution in [0.1, 0.15) is 23.4 Å². The van der Waals surface area contributed by atoms with Gasteiger partial charge in [-0.05, 0) is 30.5 Å². The highest BCUT2D eigenvalue weighted by Crippen LogP contribution is 2.18. The number of rotatable bonds is 5. The molecule has 0 radical (unpaired) electrons. The SMILES string of the molecule is CC(NCc1cnn(-c2ccccc2)c1)c1cccs1. The number of aromatic nitrogens is 2. The zero-order valence-electron chi connectivity index (χ0n) is 11.4. The maximum absolute atomic E-state index is 4.41. The molecular formula is C16H17N3S. The number of hydrogen-bond acceptors (Lipinski definition) is 3. The van der Waals surface area contributed by atoms with Gasteiger partial charge in [0.15, 0.2) is 0 Å². The molecule has 0 saturated heterocycles. The Morgan fingerprint density at radius 3 is 2.80 bits per heavy atom. The number of nitrogens with zero attached hydrogens (tertiary/aromatic N) is 2. The average Bonchev–Trinajstić information content (AvgIpc) is 3.17. The molecule has 4 heteroatoms. The van der Waals surface area contributed by atoms with Gasteiger partial charge >= 0.3 is 0 Å². The summed E-state index contributed by atoms with van der Waals surface area (Å²) in [6.45, 7) is 3.01. The van der Waals surface area contributed by atoms with Crippen molar-refractivity contribution < 1.29 is 0 Å². The van der Waals surface area contributed by atoms with Crippen molar-refractivity contribution in [3.63, 3.8) is 0 Å². The van der Waals surface area contributed by atoms with Crippen LogP contribution in [0.4, 0.5) is 0 Å². The number of para-hydroxylation sites is 1. The van der Waals surface area contributed by atoms with E-state index in [0.29, 0.717) is 6.04 Å². The second-order valence-corrected chi connectivity index (χ2v) is 5.73. The van der Waals surface area contributed by atoms with E-state index < -0.39 is 0 Å². The van der Waals surface area contributed by atoms with Crippen LogP contribution < -0.4 is 5.32 Å². The molecule has 2 heterocycles. The largest absolute Gasteiger partial charge is 0.305 e. The minimum atomic E-state index is 0.370. The van der Waals surface area contributed by atoms with Crippen LogP contribution in [-0.4, -0.2) is 9.78 Å². The highest BCUT2D eigenvalue weighted by atomic mass is 32.1. The molecular weight excluding hydrogens is 266 g/mol. The van der Waals surface area contributed by atoms with Crippen molar-refractivity contribution in [1.29, 1.82) is 0 Å². The number of benzene rings is 1. The molecule has 0 aliphatic rings. The van der Waals surface area contributed by atoms with Crippen LogP contribution in [0.5, 0.6) is 0 Å². The summed E-state index contributed by atoms with van der Waals surface area (Å²) < 4.78 is 1.91. The lowest BCUT2D eigenvalue weighted by Gasteiger charge is -2.10. The Kier molecular flexibility index (Phi) is 3.95. The maximum Gasteiger partial charge on any atom is 0.0645 e. The molecule has 2 aromatic heterocycles. The highest BCUT2D eigenvalue weighted by Gasteiger charge is 2.06.